The monoisotopic (exact) mass is 368 g/mol. The van der Waals surface area contributed by atoms with Crippen LogP contribution >= 0.6 is 0 Å². The Morgan fingerprint density at radius 1 is 1.04 bits per heavy atom. The van der Waals surface area contributed by atoms with Gasteiger partial charge in [-0.2, -0.15) is 0 Å². The number of fused-ring (bicyclic) bond motifs is 1. The lowest BCUT2D eigenvalue weighted by Crippen LogP contribution is -2.36. The lowest BCUT2D eigenvalue weighted by atomic mass is 10.2. The molecule has 0 saturated heterocycles. The Hall–Kier alpha value is -3.02. The highest BCUT2D eigenvalue weighted by molar-refractivity contribution is 5.92. The molecule has 0 fully saturated rings. The van der Waals surface area contributed by atoms with Crippen LogP contribution in [-0.4, -0.2) is 36.6 Å². The van der Waals surface area contributed by atoms with E-state index in [0.29, 0.717) is 36.8 Å². The summed E-state index contributed by atoms with van der Waals surface area (Å²) in [4.78, 5) is 28.2. The topological polar surface area (TPSA) is 59.1 Å². The number of benzene rings is 2. The molecule has 2 amide bonds. The molecule has 0 saturated carbocycles. The quantitative estimate of drug-likeness (QED) is 0.753. The number of carbonyl (C=O) groups is 2. The van der Waals surface area contributed by atoms with Crippen LogP contribution in [0.15, 0.2) is 48.5 Å². The normalized spacial score (nSPS) is 11.9. The van der Waals surface area contributed by atoms with Gasteiger partial charge in [-0.3, -0.25) is 9.59 Å². The van der Waals surface area contributed by atoms with Gasteiger partial charge in [-0.25, -0.2) is 0 Å². The molecule has 0 aliphatic carbocycles. The molecule has 2 aromatic rings. The van der Waals surface area contributed by atoms with E-state index >= 15 is 0 Å². The van der Waals surface area contributed by atoms with Crippen molar-refractivity contribution >= 4 is 17.5 Å². The molecule has 0 atom stereocenters. The predicted octanol–water partition coefficient (Wildman–Crippen LogP) is 3.21. The van der Waals surface area contributed by atoms with Gasteiger partial charge in [0, 0.05) is 44.7 Å². The van der Waals surface area contributed by atoms with Gasteiger partial charge in [-0.15, -0.1) is 0 Å². The first-order valence-corrected chi connectivity index (χ1v) is 9.08. The van der Waals surface area contributed by atoms with E-state index in [1.165, 1.54) is 6.92 Å². The standard InChI is InChI=1S/C21H24N2O4/c1-3-22(14-17-7-5-4-6-8-17)21(25)11-12-23(16(2)24)18-9-10-19-20(13-18)27-15-26-19/h4-10,13H,3,11-12,14-15H2,1-2H3. The van der Waals surface area contributed by atoms with Gasteiger partial charge in [0.25, 0.3) is 0 Å². The highest BCUT2D eigenvalue weighted by Gasteiger charge is 2.20. The van der Waals surface area contributed by atoms with Crippen LogP contribution in [0.3, 0.4) is 0 Å². The highest BCUT2D eigenvalue weighted by Crippen LogP contribution is 2.35. The minimum atomic E-state index is -0.118. The van der Waals surface area contributed by atoms with Gasteiger partial charge in [-0.1, -0.05) is 30.3 Å². The molecule has 1 aliphatic heterocycles. The molecule has 3 rings (SSSR count). The van der Waals surface area contributed by atoms with Crippen LogP contribution in [-0.2, 0) is 16.1 Å². The zero-order valence-electron chi connectivity index (χ0n) is 15.7. The SMILES string of the molecule is CCN(Cc1ccccc1)C(=O)CCN(C(C)=O)c1ccc2c(c1)OCO2. The summed E-state index contributed by atoms with van der Waals surface area (Å²) < 4.78 is 10.7. The van der Waals surface area contributed by atoms with Crippen molar-refractivity contribution < 1.29 is 19.1 Å². The summed E-state index contributed by atoms with van der Waals surface area (Å²) in [6, 6.07) is 15.3. The molecule has 27 heavy (non-hydrogen) atoms. The van der Waals surface area contributed by atoms with E-state index in [9.17, 15) is 9.59 Å². The van der Waals surface area contributed by atoms with Crippen molar-refractivity contribution in [2.45, 2.75) is 26.8 Å². The van der Waals surface area contributed by atoms with E-state index in [4.69, 9.17) is 9.47 Å². The summed E-state index contributed by atoms with van der Waals surface area (Å²) in [7, 11) is 0. The molecule has 142 valence electrons. The molecule has 6 heteroatoms. The Labute approximate surface area is 159 Å². The van der Waals surface area contributed by atoms with Crippen LogP contribution in [0.2, 0.25) is 0 Å². The first-order valence-electron chi connectivity index (χ1n) is 9.08. The van der Waals surface area contributed by atoms with E-state index < -0.39 is 0 Å². The lowest BCUT2D eigenvalue weighted by Gasteiger charge is -2.25. The Morgan fingerprint density at radius 3 is 2.48 bits per heavy atom. The average Bonchev–Trinajstić information content (AvgIpc) is 3.14. The molecule has 1 heterocycles. The fraction of sp³-hybridized carbons (Fsp3) is 0.333. The molecule has 0 unspecified atom stereocenters. The van der Waals surface area contributed by atoms with Crippen molar-refractivity contribution in [3.63, 3.8) is 0 Å². The Bertz CT molecular complexity index is 807. The number of hydrogen-bond donors (Lipinski definition) is 0. The van der Waals surface area contributed by atoms with Crippen LogP contribution in [0, 0.1) is 0 Å². The van der Waals surface area contributed by atoms with Crippen LogP contribution in [0.4, 0.5) is 5.69 Å². The van der Waals surface area contributed by atoms with Gasteiger partial charge in [0.2, 0.25) is 18.6 Å². The predicted molar refractivity (Wildman–Crippen MR) is 103 cm³/mol. The van der Waals surface area contributed by atoms with Crippen molar-refractivity contribution in [2.75, 3.05) is 24.8 Å². The third-order valence-corrected chi connectivity index (χ3v) is 4.55. The summed E-state index contributed by atoms with van der Waals surface area (Å²) >= 11 is 0. The maximum atomic E-state index is 12.7. The second-order valence-electron chi connectivity index (χ2n) is 6.35. The zero-order chi connectivity index (χ0) is 19.2. The maximum absolute atomic E-state index is 12.7. The smallest absolute Gasteiger partial charge is 0.231 e. The summed E-state index contributed by atoms with van der Waals surface area (Å²) in [5.74, 6) is 1.18. The summed E-state index contributed by atoms with van der Waals surface area (Å²) in [5.41, 5.74) is 1.79. The number of hydrogen-bond acceptors (Lipinski definition) is 4. The molecular weight excluding hydrogens is 344 g/mol. The van der Waals surface area contributed by atoms with E-state index in [-0.39, 0.29) is 25.0 Å². The minimum Gasteiger partial charge on any atom is -0.454 e. The fourth-order valence-corrected chi connectivity index (χ4v) is 3.07. The van der Waals surface area contributed by atoms with E-state index in [1.807, 2.05) is 37.3 Å². The van der Waals surface area contributed by atoms with Crippen LogP contribution in [0.5, 0.6) is 11.5 Å². The molecule has 1 aliphatic rings. The van der Waals surface area contributed by atoms with E-state index in [1.54, 1.807) is 28.0 Å². The van der Waals surface area contributed by atoms with Crippen LogP contribution in [0.1, 0.15) is 25.8 Å². The van der Waals surface area contributed by atoms with Crippen LogP contribution < -0.4 is 14.4 Å². The van der Waals surface area contributed by atoms with Gasteiger partial charge in [0.1, 0.15) is 0 Å². The molecule has 6 nitrogen and oxygen atoms in total. The fourth-order valence-electron chi connectivity index (χ4n) is 3.07. The van der Waals surface area contributed by atoms with Gasteiger partial charge in [0.05, 0.1) is 0 Å². The Morgan fingerprint density at radius 2 is 1.78 bits per heavy atom. The molecule has 0 bridgehead atoms. The molecule has 0 aromatic heterocycles. The largest absolute Gasteiger partial charge is 0.454 e. The number of amides is 2. The first-order chi connectivity index (χ1) is 13.1. The molecule has 0 spiro atoms. The first kappa shape index (κ1) is 18.8. The van der Waals surface area contributed by atoms with Gasteiger partial charge < -0.3 is 19.3 Å². The summed E-state index contributed by atoms with van der Waals surface area (Å²) in [6.07, 6.45) is 0.259. The number of ether oxygens (including phenoxy) is 2. The number of rotatable bonds is 7. The zero-order valence-corrected chi connectivity index (χ0v) is 15.7. The highest BCUT2D eigenvalue weighted by atomic mass is 16.7. The van der Waals surface area contributed by atoms with Gasteiger partial charge in [-0.05, 0) is 24.6 Å². The van der Waals surface area contributed by atoms with Crippen molar-refractivity contribution in [2.24, 2.45) is 0 Å². The summed E-state index contributed by atoms with van der Waals surface area (Å²) in [5, 5.41) is 0. The number of anilines is 1. The third-order valence-electron chi connectivity index (χ3n) is 4.55. The lowest BCUT2D eigenvalue weighted by molar-refractivity contribution is -0.131. The van der Waals surface area contributed by atoms with Crippen molar-refractivity contribution in [3.05, 3.63) is 54.1 Å². The van der Waals surface area contributed by atoms with Crippen molar-refractivity contribution in [1.29, 1.82) is 0 Å². The van der Waals surface area contributed by atoms with Crippen molar-refractivity contribution in [3.8, 4) is 11.5 Å². The van der Waals surface area contributed by atoms with E-state index in [2.05, 4.69) is 0 Å². The number of carbonyl (C=O) groups excluding carboxylic acids is 2. The van der Waals surface area contributed by atoms with Gasteiger partial charge >= 0.3 is 0 Å². The third kappa shape index (κ3) is 4.58. The average molecular weight is 368 g/mol. The molecule has 0 N–H and O–H groups in total. The Kier molecular flexibility index (Phi) is 5.96. The van der Waals surface area contributed by atoms with Gasteiger partial charge in [0.15, 0.2) is 11.5 Å². The summed E-state index contributed by atoms with van der Waals surface area (Å²) in [6.45, 7) is 5.15. The molecular formula is C21H24N2O4. The molecule has 0 radical (unpaired) electrons. The Balaban J connectivity index is 1.64. The van der Waals surface area contributed by atoms with E-state index in [0.717, 1.165) is 5.56 Å². The second kappa shape index (κ2) is 8.58. The maximum Gasteiger partial charge on any atom is 0.231 e. The van der Waals surface area contributed by atoms with Crippen molar-refractivity contribution in [1.82, 2.24) is 4.90 Å². The second-order valence-corrected chi connectivity index (χ2v) is 6.35. The van der Waals surface area contributed by atoms with Crippen LogP contribution in [0.25, 0.3) is 0 Å². The molecule has 2 aromatic carbocycles. The minimum absolute atomic E-state index is 0.0216. The number of nitrogens with zero attached hydrogens (tertiary/aromatic N) is 2.